The molecular weight excluding hydrogens is 478 g/mol. The fraction of sp³-hybridized carbons (Fsp3) is 0.323. The SMILES string of the molecule is Cc1ccc(-c2cc(C(=O)Nc3sc4c(c3C(N)=O)CCC(C(C)(C)C)C4)c3ccccc3n2)c(C)c1. The van der Waals surface area contributed by atoms with Crippen LogP contribution >= 0.6 is 11.3 Å². The van der Waals surface area contributed by atoms with Crippen molar-refractivity contribution >= 4 is 39.1 Å². The minimum absolute atomic E-state index is 0.179. The van der Waals surface area contributed by atoms with E-state index in [0.717, 1.165) is 57.4 Å². The minimum Gasteiger partial charge on any atom is -0.365 e. The van der Waals surface area contributed by atoms with Gasteiger partial charge in [0.1, 0.15) is 5.00 Å². The van der Waals surface area contributed by atoms with Crippen LogP contribution in [0.15, 0.2) is 48.5 Å². The van der Waals surface area contributed by atoms with Crippen LogP contribution in [0.4, 0.5) is 5.00 Å². The first-order valence-corrected chi connectivity index (χ1v) is 13.6. The lowest BCUT2D eigenvalue weighted by Gasteiger charge is -2.33. The Morgan fingerprint density at radius 1 is 1.08 bits per heavy atom. The Morgan fingerprint density at radius 3 is 2.54 bits per heavy atom. The lowest BCUT2D eigenvalue weighted by atomic mass is 9.72. The topological polar surface area (TPSA) is 85.1 Å². The molecular formula is C31H33N3O2S. The largest absolute Gasteiger partial charge is 0.365 e. The normalized spacial score (nSPS) is 15.4. The summed E-state index contributed by atoms with van der Waals surface area (Å²) in [6.07, 6.45) is 2.71. The van der Waals surface area contributed by atoms with Gasteiger partial charge in [-0.25, -0.2) is 4.98 Å². The van der Waals surface area contributed by atoms with Gasteiger partial charge in [0, 0.05) is 15.8 Å². The van der Waals surface area contributed by atoms with Crippen LogP contribution < -0.4 is 11.1 Å². The third-order valence-corrected chi connectivity index (χ3v) is 8.75. The number of thiophene rings is 1. The lowest BCUT2D eigenvalue weighted by Crippen LogP contribution is -2.27. The predicted molar refractivity (Wildman–Crippen MR) is 152 cm³/mol. The maximum atomic E-state index is 13.8. The van der Waals surface area contributed by atoms with Crippen LogP contribution in [0.5, 0.6) is 0 Å². The van der Waals surface area contributed by atoms with E-state index in [0.29, 0.717) is 22.0 Å². The zero-order valence-corrected chi connectivity index (χ0v) is 22.9. The molecule has 1 aliphatic carbocycles. The Labute approximate surface area is 222 Å². The molecule has 37 heavy (non-hydrogen) atoms. The van der Waals surface area contributed by atoms with E-state index in [9.17, 15) is 9.59 Å². The van der Waals surface area contributed by atoms with Crippen molar-refractivity contribution in [2.45, 2.75) is 53.9 Å². The highest BCUT2D eigenvalue weighted by Crippen LogP contribution is 2.44. The number of aromatic nitrogens is 1. The number of primary amides is 1. The van der Waals surface area contributed by atoms with Gasteiger partial charge in [0.05, 0.1) is 22.3 Å². The van der Waals surface area contributed by atoms with Gasteiger partial charge in [0.15, 0.2) is 0 Å². The molecule has 2 aromatic carbocycles. The molecule has 2 amide bonds. The number of amides is 2. The second-order valence-corrected chi connectivity index (χ2v) is 12.3. The number of nitrogens with zero attached hydrogens (tertiary/aromatic N) is 1. The number of nitrogens with one attached hydrogen (secondary N) is 1. The Balaban J connectivity index is 1.56. The van der Waals surface area contributed by atoms with Crippen molar-refractivity contribution in [3.63, 3.8) is 0 Å². The van der Waals surface area contributed by atoms with E-state index >= 15 is 0 Å². The summed E-state index contributed by atoms with van der Waals surface area (Å²) in [5.41, 5.74) is 12.8. The van der Waals surface area contributed by atoms with E-state index in [1.54, 1.807) is 0 Å². The minimum atomic E-state index is -0.488. The van der Waals surface area contributed by atoms with Gasteiger partial charge in [-0.1, -0.05) is 62.7 Å². The number of para-hydroxylation sites is 1. The third-order valence-electron chi connectivity index (χ3n) is 7.58. The molecule has 6 heteroatoms. The molecule has 0 saturated heterocycles. The van der Waals surface area contributed by atoms with Gasteiger partial charge >= 0.3 is 0 Å². The number of benzene rings is 2. The molecule has 5 rings (SSSR count). The van der Waals surface area contributed by atoms with E-state index in [1.807, 2.05) is 36.4 Å². The first-order chi connectivity index (χ1) is 17.5. The Hall–Kier alpha value is -3.51. The van der Waals surface area contributed by atoms with Crippen LogP contribution in [-0.4, -0.2) is 16.8 Å². The van der Waals surface area contributed by atoms with Gasteiger partial charge in [-0.15, -0.1) is 11.3 Å². The molecule has 1 unspecified atom stereocenters. The summed E-state index contributed by atoms with van der Waals surface area (Å²) in [6.45, 7) is 10.9. The van der Waals surface area contributed by atoms with Crippen molar-refractivity contribution in [3.05, 3.63) is 81.2 Å². The van der Waals surface area contributed by atoms with Crippen LogP contribution in [0.2, 0.25) is 0 Å². The number of aryl methyl sites for hydroxylation is 2. The van der Waals surface area contributed by atoms with Crippen LogP contribution in [0.1, 0.15) is 69.5 Å². The highest BCUT2D eigenvalue weighted by atomic mass is 32.1. The number of carbonyl (C=O) groups is 2. The lowest BCUT2D eigenvalue weighted by molar-refractivity contribution is 0.1000. The Kier molecular flexibility index (Phi) is 6.40. The molecule has 1 aliphatic rings. The molecule has 4 aromatic rings. The van der Waals surface area contributed by atoms with Gasteiger partial charge in [0.2, 0.25) is 0 Å². The molecule has 0 aliphatic heterocycles. The Bertz CT molecular complexity index is 1540. The van der Waals surface area contributed by atoms with E-state index in [4.69, 9.17) is 10.7 Å². The Morgan fingerprint density at radius 2 is 1.84 bits per heavy atom. The van der Waals surface area contributed by atoms with E-state index in [1.165, 1.54) is 16.9 Å². The molecule has 0 fully saturated rings. The van der Waals surface area contributed by atoms with Crippen LogP contribution in [0.25, 0.3) is 22.2 Å². The molecule has 1 atom stereocenters. The molecule has 0 radical (unpaired) electrons. The van der Waals surface area contributed by atoms with Gasteiger partial charge in [-0.3, -0.25) is 9.59 Å². The predicted octanol–water partition coefficient (Wildman–Crippen LogP) is 7.08. The summed E-state index contributed by atoms with van der Waals surface area (Å²) in [7, 11) is 0. The first kappa shape index (κ1) is 25.2. The van der Waals surface area contributed by atoms with Crippen LogP contribution in [-0.2, 0) is 12.8 Å². The third kappa shape index (κ3) is 4.78. The number of nitrogens with two attached hydrogens (primary N) is 1. The van der Waals surface area contributed by atoms with E-state index in [2.05, 4.69) is 52.1 Å². The fourth-order valence-electron chi connectivity index (χ4n) is 5.45. The highest BCUT2D eigenvalue weighted by Gasteiger charge is 2.33. The quantitative estimate of drug-likeness (QED) is 0.307. The van der Waals surface area contributed by atoms with E-state index < -0.39 is 5.91 Å². The van der Waals surface area contributed by atoms with Crippen molar-refractivity contribution in [1.82, 2.24) is 4.98 Å². The summed E-state index contributed by atoms with van der Waals surface area (Å²) in [4.78, 5) is 32.3. The number of pyridine rings is 1. The van der Waals surface area contributed by atoms with Gasteiger partial charge in [0.25, 0.3) is 11.8 Å². The van der Waals surface area contributed by atoms with Crippen molar-refractivity contribution < 1.29 is 9.59 Å². The highest BCUT2D eigenvalue weighted by molar-refractivity contribution is 7.17. The fourth-order valence-corrected chi connectivity index (χ4v) is 6.77. The standard InChI is InChI=1S/C31H33N3O2S/c1-17-10-12-20(18(2)14-17)25-16-23(21-8-6-7-9-24(21)33-25)29(36)34-30-27(28(32)35)22-13-11-19(31(3,4)5)15-26(22)37-30/h6-10,12,14,16,19H,11,13,15H2,1-5H3,(H2,32,35)(H,34,36). The number of fused-ring (bicyclic) bond motifs is 2. The summed E-state index contributed by atoms with van der Waals surface area (Å²) >= 11 is 1.49. The van der Waals surface area contributed by atoms with Gasteiger partial charge in [-0.05, 0) is 67.7 Å². The summed E-state index contributed by atoms with van der Waals surface area (Å²) < 4.78 is 0. The number of hydrogen-bond acceptors (Lipinski definition) is 4. The van der Waals surface area contributed by atoms with Gasteiger partial charge in [-0.2, -0.15) is 0 Å². The molecule has 5 nitrogen and oxygen atoms in total. The number of hydrogen-bond donors (Lipinski definition) is 2. The zero-order valence-electron chi connectivity index (χ0n) is 22.1. The van der Waals surface area contributed by atoms with Crippen molar-refractivity contribution in [1.29, 1.82) is 0 Å². The van der Waals surface area contributed by atoms with Crippen molar-refractivity contribution in [3.8, 4) is 11.3 Å². The maximum absolute atomic E-state index is 13.8. The molecule has 0 spiro atoms. The smallest absolute Gasteiger partial charge is 0.257 e. The second-order valence-electron chi connectivity index (χ2n) is 11.2. The molecule has 2 aromatic heterocycles. The maximum Gasteiger partial charge on any atom is 0.257 e. The average Bonchev–Trinajstić information content (AvgIpc) is 3.20. The molecule has 0 saturated carbocycles. The van der Waals surface area contributed by atoms with Crippen molar-refractivity contribution in [2.75, 3.05) is 5.32 Å². The number of anilines is 1. The molecule has 3 N–H and O–H groups in total. The summed E-state index contributed by atoms with van der Waals surface area (Å²) in [6, 6.07) is 15.7. The first-order valence-electron chi connectivity index (χ1n) is 12.8. The molecule has 0 bridgehead atoms. The monoisotopic (exact) mass is 511 g/mol. The molecule has 190 valence electrons. The van der Waals surface area contributed by atoms with Crippen LogP contribution in [0.3, 0.4) is 0 Å². The zero-order chi connectivity index (χ0) is 26.5. The van der Waals surface area contributed by atoms with Crippen molar-refractivity contribution in [2.24, 2.45) is 17.1 Å². The average molecular weight is 512 g/mol. The van der Waals surface area contributed by atoms with E-state index in [-0.39, 0.29) is 11.3 Å². The molecule has 2 heterocycles. The second kappa shape index (κ2) is 9.42. The summed E-state index contributed by atoms with van der Waals surface area (Å²) in [5, 5.41) is 4.38. The number of carbonyl (C=O) groups excluding carboxylic acids is 2. The van der Waals surface area contributed by atoms with Crippen LogP contribution in [0, 0.1) is 25.2 Å². The summed E-state index contributed by atoms with van der Waals surface area (Å²) in [5.74, 6) is -0.233. The number of rotatable bonds is 4. The van der Waals surface area contributed by atoms with Gasteiger partial charge < -0.3 is 11.1 Å².